The van der Waals surface area contributed by atoms with Crippen molar-refractivity contribution in [1.82, 2.24) is 5.32 Å². The monoisotopic (exact) mass is 259 g/mol. The molecule has 1 aromatic rings. The smallest absolute Gasteiger partial charge is 0.190 e. The molecule has 16 heavy (non-hydrogen) atoms. The molecule has 0 spiro atoms. The van der Waals surface area contributed by atoms with Crippen molar-refractivity contribution in [3.63, 3.8) is 0 Å². The first-order chi connectivity index (χ1) is 7.46. The van der Waals surface area contributed by atoms with Crippen molar-refractivity contribution in [2.75, 3.05) is 6.54 Å². The standard InChI is InChI=1S/C11H17NO2S2/c1-4-12-10-6-8(3)16(13,14)11-9(10)5-7(2)15-11/h5,8,10,12H,4,6H2,1-3H3/t8-,10-/m0/s1. The van der Waals surface area contributed by atoms with Crippen LogP contribution in [-0.4, -0.2) is 20.2 Å². The maximum Gasteiger partial charge on any atom is 0.190 e. The molecule has 0 aliphatic carbocycles. The fourth-order valence-corrected chi connectivity index (χ4v) is 5.68. The van der Waals surface area contributed by atoms with Gasteiger partial charge in [-0.3, -0.25) is 0 Å². The molecule has 0 bridgehead atoms. The van der Waals surface area contributed by atoms with E-state index in [0.29, 0.717) is 10.6 Å². The van der Waals surface area contributed by atoms with Gasteiger partial charge in [0, 0.05) is 10.9 Å². The largest absolute Gasteiger partial charge is 0.310 e. The third kappa shape index (κ3) is 1.81. The van der Waals surface area contributed by atoms with E-state index in [0.717, 1.165) is 17.0 Å². The summed E-state index contributed by atoms with van der Waals surface area (Å²) in [7, 11) is -3.07. The zero-order valence-corrected chi connectivity index (χ0v) is 11.4. The summed E-state index contributed by atoms with van der Waals surface area (Å²) in [6.45, 7) is 6.68. The molecule has 0 aromatic carbocycles. The average Bonchev–Trinajstić information content (AvgIpc) is 2.58. The normalized spacial score (nSPS) is 27.7. The van der Waals surface area contributed by atoms with E-state index < -0.39 is 9.84 Å². The summed E-state index contributed by atoms with van der Waals surface area (Å²) in [4.78, 5) is 1.07. The van der Waals surface area contributed by atoms with Crippen molar-refractivity contribution in [2.45, 2.75) is 42.7 Å². The molecule has 0 saturated heterocycles. The summed E-state index contributed by atoms with van der Waals surface area (Å²) in [5.74, 6) is 0. The summed E-state index contributed by atoms with van der Waals surface area (Å²) in [5.41, 5.74) is 0.974. The number of fused-ring (bicyclic) bond motifs is 1. The fraction of sp³-hybridized carbons (Fsp3) is 0.636. The van der Waals surface area contributed by atoms with Gasteiger partial charge in [-0.05, 0) is 38.4 Å². The van der Waals surface area contributed by atoms with Crippen LogP contribution in [0.4, 0.5) is 0 Å². The van der Waals surface area contributed by atoms with Crippen LogP contribution in [0.1, 0.15) is 36.8 Å². The number of hydrogen-bond acceptors (Lipinski definition) is 4. The minimum absolute atomic E-state index is 0.198. The predicted molar refractivity (Wildman–Crippen MR) is 66.7 cm³/mol. The van der Waals surface area contributed by atoms with Crippen molar-refractivity contribution in [1.29, 1.82) is 0 Å². The molecule has 1 N–H and O–H groups in total. The first-order valence-corrected chi connectivity index (χ1v) is 7.90. The van der Waals surface area contributed by atoms with E-state index in [4.69, 9.17) is 0 Å². The molecule has 0 unspecified atom stereocenters. The van der Waals surface area contributed by atoms with Crippen molar-refractivity contribution < 1.29 is 8.42 Å². The van der Waals surface area contributed by atoms with Gasteiger partial charge in [-0.2, -0.15) is 0 Å². The Balaban J connectivity index is 2.53. The van der Waals surface area contributed by atoms with Gasteiger partial charge in [0.15, 0.2) is 9.84 Å². The van der Waals surface area contributed by atoms with Crippen LogP contribution in [0, 0.1) is 6.92 Å². The average molecular weight is 259 g/mol. The lowest BCUT2D eigenvalue weighted by molar-refractivity contribution is 0.478. The predicted octanol–water partition coefficient (Wildman–Crippen LogP) is 2.27. The molecule has 2 heterocycles. The third-order valence-electron chi connectivity index (χ3n) is 3.03. The molecule has 0 fully saturated rings. The molecule has 3 nitrogen and oxygen atoms in total. The number of nitrogens with one attached hydrogen (secondary N) is 1. The van der Waals surface area contributed by atoms with Crippen molar-refractivity contribution in [3.8, 4) is 0 Å². The SMILES string of the molecule is CCN[C@H]1C[C@H](C)S(=O)(=O)c2sc(C)cc21. The molecule has 0 radical (unpaired) electrons. The van der Waals surface area contributed by atoms with Crippen LogP contribution >= 0.6 is 11.3 Å². The Morgan fingerprint density at radius 3 is 2.88 bits per heavy atom. The highest BCUT2D eigenvalue weighted by molar-refractivity contribution is 7.94. The second-order valence-electron chi connectivity index (χ2n) is 4.30. The van der Waals surface area contributed by atoms with Gasteiger partial charge in [-0.1, -0.05) is 6.92 Å². The Hall–Kier alpha value is -0.390. The lowest BCUT2D eigenvalue weighted by Crippen LogP contribution is -2.33. The minimum atomic E-state index is -3.07. The van der Waals surface area contributed by atoms with Gasteiger partial charge >= 0.3 is 0 Å². The van der Waals surface area contributed by atoms with E-state index in [2.05, 4.69) is 5.32 Å². The highest BCUT2D eigenvalue weighted by Gasteiger charge is 2.37. The minimum Gasteiger partial charge on any atom is -0.310 e. The highest BCUT2D eigenvalue weighted by Crippen LogP contribution is 2.41. The first kappa shape index (κ1) is 12.1. The lowest BCUT2D eigenvalue weighted by Gasteiger charge is -2.27. The Labute approximate surface area is 101 Å². The molecular weight excluding hydrogens is 242 g/mol. The maximum absolute atomic E-state index is 12.1. The number of thiophene rings is 1. The zero-order valence-electron chi connectivity index (χ0n) is 9.78. The van der Waals surface area contributed by atoms with Gasteiger partial charge in [0.05, 0.1) is 5.25 Å². The molecule has 90 valence electrons. The number of hydrogen-bond donors (Lipinski definition) is 1. The van der Waals surface area contributed by atoms with Crippen LogP contribution in [0.25, 0.3) is 0 Å². The quantitative estimate of drug-likeness (QED) is 0.886. The lowest BCUT2D eigenvalue weighted by atomic mass is 10.0. The van der Waals surface area contributed by atoms with Gasteiger partial charge in [-0.25, -0.2) is 8.42 Å². The van der Waals surface area contributed by atoms with E-state index in [1.165, 1.54) is 11.3 Å². The Bertz CT molecular complexity index is 490. The third-order valence-corrected chi connectivity index (χ3v) is 6.84. The van der Waals surface area contributed by atoms with Gasteiger partial charge in [0.2, 0.25) is 0 Å². The van der Waals surface area contributed by atoms with E-state index in [9.17, 15) is 8.42 Å². The summed E-state index contributed by atoms with van der Waals surface area (Å²) in [6.07, 6.45) is 0.680. The van der Waals surface area contributed by atoms with Gasteiger partial charge in [-0.15, -0.1) is 11.3 Å². The Morgan fingerprint density at radius 1 is 1.56 bits per heavy atom. The molecule has 0 amide bonds. The molecule has 1 aromatic heterocycles. The van der Waals surface area contributed by atoms with Crippen LogP contribution in [0.3, 0.4) is 0 Å². The van der Waals surface area contributed by atoms with Gasteiger partial charge in [0.1, 0.15) is 4.21 Å². The molecule has 0 saturated carbocycles. The number of sulfone groups is 1. The second-order valence-corrected chi connectivity index (χ2v) is 8.12. The maximum atomic E-state index is 12.1. The van der Waals surface area contributed by atoms with Gasteiger partial charge in [0.25, 0.3) is 0 Å². The highest BCUT2D eigenvalue weighted by atomic mass is 32.2. The molecular formula is C11H17NO2S2. The molecule has 2 rings (SSSR count). The Kier molecular flexibility index (Phi) is 3.11. The fourth-order valence-electron chi connectivity index (χ4n) is 2.19. The summed E-state index contributed by atoms with van der Waals surface area (Å²) < 4.78 is 24.9. The van der Waals surface area contributed by atoms with E-state index in [1.54, 1.807) is 6.92 Å². The topological polar surface area (TPSA) is 46.2 Å². The van der Waals surface area contributed by atoms with Crippen molar-refractivity contribution in [2.24, 2.45) is 0 Å². The van der Waals surface area contributed by atoms with E-state index in [1.807, 2.05) is 19.9 Å². The summed E-state index contributed by atoms with van der Waals surface area (Å²) >= 11 is 1.40. The van der Waals surface area contributed by atoms with Crippen molar-refractivity contribution in [3.05, 3.63) is 16.5 Å². The molecule has 1 aliphatic rings. The van der Waals surface area contributed by atoms with Crippen LogP contribution in [0.15, 0.2) is 10.3 Å². The van der Waals surface area contributed by atoms with Gasteiger partial charge < -0.3 is 5.32 Å². The van der Waals surface area contributed by atoms with E-state index in [-0.39, 0.29) is 11.3 Å². The van der Waals surface area contributed by atoms with Crippen molar-refractivity contribution >= 4 is 21.2 Å². The number of rotatable bonds is 2. The number of aryl methyl sites for hydroxylation is 1. The summed E-state index contributed by atoms with van der Waals surface area (Å²) in [6, 6.07) is 2.21. The van der Waals surface area contributed by atoms with E-state index >= 15 is 0 Å². The van der Waals surface area contributed by atoms with Crippen LogP contribution in [0.5, 0.6) is 0 Å². The summed E-state index contributed by atoms with van der Waals surface area (Å²) in [5, 5.41) is 3.09. The molecule has 1 aliphatic heterocycles. The van der Waals surface area contributed by atoms with Crippen LogP contribution < -0.4 is 5.32 Å². The van der Waals surface area contributed by atoms with Crippen LogP contribution in [0.2, 0.25) is 0 Å². The first-order valence-electron chi connectivity index (χ1n) is 5.54. The molecule has 2 atom stereocenters. The zero-order chi connectivity index (χ0) is 11.9. The van der Waals surface area contributed by atoms with Crippen LogP contribution in [-0.2, 0) is 9.84 Å². The second kappa shape index (κ2) is 4.13. The Morgan fingerprint density at radius 2 is 2.25 bits per heavy atom. The molecule has 5 heteroatoms.